The fourth-order valence-corrected chi connectivity index (χ4v) is 8.62. The number of ether oxygens (including phenoxy) is 1. The van der Waals surface area contributed by atoms with Crippen LogP contribution in [0.3, 0.4) is 0 Å². The van der Waals surface area contributed by atoms with Gasteiger partial charge in [0.25, 0.3) is 5.91 Å². The fourth-order valence-electron chi connectivity index (χ4n) is 8.62. The zero-order valence-corrected chi connectivity index (χ0v) is 26.1. The van der Waals surface area contributed by atoms with Crippen LogP contribution in [-0.2, 0) is 20.9 Å². The molecule has 2 bridgehead atoms. The molecule has 4 N–H and O–H groups in total. The first-order chi connectivity index (χ1) is 21.9. The van der Waals surface area contributed by atoms with Crippen LogP contribution >= 0.6 is 0 Å². The summed E-state index contributed by atoms with van der Waals surface area (Å²) in [6.45, 7) is 10.6. The van der Waals surface area contributed by atoms with Crippen LogP contribution in [0.5, 0.6) is 5.75 Å². The van der Waals surface area contributed by atoms with E-state index in [9.17, 15) is 29.4 Å². The second-order valence-corrected chi connectivity index (χ2v) is 13.8. The summed E-state index contributed by atoms with van der Waals surface area (Å²) < 4.78 is 7.91. The number of fused-ring (bicyclic) bond motifs is 7. The van der Waals surface area contributed by atoms with Crippen molar-refractivity contribution in [1.82, 2.24) is 4.90 Å². The number of benzene rings is 2. The number of ketones is 1. The number of carboxylic acid groups (broad SMARTS) is 1. The van der Waals surface area contributed by atoms with Crippen molar-refractivity contribution in [2.75, 3.05) is 52.4 Å². The van der Waals surface area contributed by atoms with Gasteiger partial charge in [-0.15, -0.1) is 0 Å². The van der Waals surface area contributed by atoms with Crippen molar-refractivity contribution in [2.24, 2.45) is 17.6 Å². The molecular formula is C35H40N4O7+2. The number of aliphatic carboxylic acids is 1. The maximum Gasteiger partial charge on any atom is 0.352 e. The quantitative estimate of drug-likeness (QED) is 0.229. The van der Waals surface area contributed by atoms with E-state index in [-0.39, 0.29) is 41.9 Å². The van der Waals surface area contributed by atoms with E-state index in [0.717, 1.165) is 71.5 Å². The van der Waals surface area contributed by atoms with Crippen LogP contribution in [0.25, 0.3) is 11.1 Å². The van der Waals surface area contributed by atoms with Gasteiger partial charge in [-0.25, -0.2) is 4.79 Å². The summed E-state index contributed by atoms with van der Waals surface area (Å²) in [5, 5.41) is 20.0. The Morgan fingerprint density at radius 2 is 1.74 bits per heavy atom. The maximum absolute atomic E-state index is 13.6. The minimum Gasteiger partial charge on any atom is -0.489 e. The van der Waals surface area contributed by atoms with E-state index in [2.05, 4.69) is 6.07 Å². The lowest BCUT2D eigenvalue weighted by Gasteiger charge is -2.55. The summed E-state index contributed by atoms with van der Waals surface area (Å²) in [4.78, 5) is 51.2. The van der Waals surface area contributed by atoms with Crippen molar-refractivity contribution >= 4 is 23.6 Å². The van der Waals surface area contributed by atoms with Crippen LogP contribution in [0.4, 0.5) is 0 Å². The first kappa shape index (κ1) is 30.3. The van der Waals surface area contributed by atoms with Crippen molar-refractivity contribution in [2.45, 2.75) is 32.5 Å². The Hall–Kier alpha value is -4.32. The Kier molecular flexibility index (Phi) is 7.18. The summed E-state index contributed by atoms with van der Waals surface area (Å²) >= 11 is 0. The first-order valence-electron chi connectivity index (χ1n) is 16.0. The van der Waals surface area contributed by atoms with E-state index in [0.29, 0.717) is 29.0 Å². The number of primary amides is 1. The Morgan fingerprint density at radius 1 is 1.04 bits per heavy atom. The SMILES string of the molecule is C[C@@H](O)[C@H]1C(=O)N2C(C(=O)O)=C(/C=C/COc3cccc4c3-c3ccc(C[N+]56CC[N+](CC(N)=O)(CC5)CC6)cc3C4=O)[C@H](C)[C@H]12. The van der Waals surface area contributed by atoms with Crippen molar-refractivity contribution in [1.29, 1.82) is 0 Å². The molecule has 0 aromatic heterocycles. The molecule has 11 heteroatoms. The smallest absolute Gasteiger partial charge is 0.352 e. The molecule has 5 heterocycles. The number of piperazine rings is 3. The molecule has 46 heavy (non-hydrogen) atoms. The second-order valence-electron chi connectivity index (χ2n) is 13.8. The van der Waals surface area contributed by atoms with E-state index in [1.807, 2.05) is 31.2 Å². The van der Waals surface area contributed by atoms with Gasteiger partial charge in [0.2, 0.25) is 5.91 Å². The van der Waals surface area contributed by atoms with Gasteiger partial charge in [0.15, 0.2) is 12.3 Å². The molecule has 0 saturated carbocycles. The van der Waals surface area contributed by atoms with Gasteiger partial charge in [0.1, 0.15) is 63.9 Å². The number of rotatable bonds is 10. The minimum atomic E-state index is -1.18. The molecule has 2 aromatic carbocycles. The van der Waals surface area contributed by atoms with E-state index < -0.39 is 18.0 Å². The minimum absolute atomic E-state index is 0.0276. The number of hydrogen-bond acceptors (Lipinski definition) is 6. The number of carboxylic acids is 1. The molecule has 0 unspecified atom stereocenters. The molecule has 4 saturated heterocycles. The van der Waals surface area contributed by atoms with Gasteiger partial charge >= 0.3 is 5.97 Å². The zero-order chi connectivity index (χ0) is 32.5. The van der Waals surface area contributed by atoms with E-state index >= 15 is 0 Å². The van der Waals surface area contributed by atoms with Gasteiger partial charge in [0, 0.05) is 28.2 Å². The van der Waals surface area contributed by atoms with Crippen LogP contribution in [0, 0.1) is 11.8 Å². The van der Waals surface area contributed by atoms with Crippen LogP contribution in [0.15, 0.2) is 59.8 Å². The highest BCUT2D eigenvalue weighted by molar-refractivity contribution is 6.22. The number of nitrogens with zero attached hydrogens (tertiary/aromatic N) is 3. The van der Waals surface area contributed by atoms with Gasteiger partial charge < -0.3 is 34.5 Å². The number of carbonyl (C=O) groups is 4. The topological polar surface area (TPSA) is 147 Å². The lowest BCUT2D eigenvalue weighted by atomic mass is 9.78. The average Bonchev–Trinajstić information content (AvgIpc) is 3.44. The van der Waals surface area contributed by atoms with E-state index in [4.69, 9.17) is 10.5 Å². The number of β-lactam (4-membered cyclic amide) rings is 1. The molecule has 4 fully saturated rings. The molecule has 11 nitrogen and oxygen atoms in total. The first-order valence-corrected chi connectivity index (χ1v) is 16.0. The summed E-state index contributed by atoms with van der Waals surface area (Å²) in [6.07, 6.45) is 2.56. The Balaban J connectivity index is 1.07. The number of aliphatic hydroxyl groups excluding tert-OH is 1. The number of allylic oxidation sites excluding steroid dienone is 1. The largest absolute Gasteiger partial charge is 0.489 e. The number of hydrogen-bond donors (Lipinski definition) is 3. The van der Waals surface area contributed by atoms with Crippen molar-refractivity contribution in [3.63, 3.8) is 0 Å². The second kappa shape index (κ2) is 10.9. The molecule has 0 radical (unpaired) electrons. The van der Waals surface area contributed by atoms with E-state index in [1.54, 1.807) is 25.1 Å². The molecular weight excluding hydrogens is 588 g/mol. The molecule has 2 aromatic rings. The predicted octanol–water partition coefficient (Wildman–Crippen LogP) is 1.68. The fraction of sp³-hybridized carbons (Fsp3) is 0.429. The van der Waals surface area contributed by atoms with E-state index in [1.165, 1.54) is 4.90 Å². The lowest BCUT2D eigenvalue weighted by Crippen LogP contribution is -2.75. The summed E-state index contributed by atoms with van der Waals surface area (Å²) in [5.41, 5.74) is 9.99. The molecule has 1 aliphatic carbocycles. The Bertz CT molecular complexity index is 1720. The number of nitrogens with two attached hydrogens (primary N) is 1. The molecule has 5 aliphatic heterocycles. The lowest BCUT2D eigenvalue weighted by molar-refractivity contribution is -1.08. The zero-order valence-electron chi connectivity index (χ0n) is 26.1. The van der Waals surface area contributed by atoms with Crippen LogP contribution in [0.1, 0.15) is 35.3 Å². The molecule has 8 rings (SSSR count). The molecule has 240 valence electrons. The summed E-state index contributed by atoms with van der Waals surface area (Å²) in [5.74, 6) is -2.11. The number of quaternary nitrogens is 2. The monoisotopic (exact) mass is 628 g/mol. The normalized spacial score (nSPS) is 29.9. The highest BCUT2D eigenvalue weighted by Crippen LogP contribution is 2.48. The third kappa shape index (κ3) is 4.68. The third-order valence-corrected chi connectivity index (χ3v) is 11.1. The Labute approximate surface area is 267 Å². The third-order valence-electron chi connectivity index (χ3n) is 11.1. The van der Waals surface area contributed by atoms with Gasteiger partial charge in [-0.2, -0.15) is 0 Å². The van der Waals surface area contributed by atoms with Gasteiger partial charge in [-0.3, -0.25) is 14.4 Å². The Morgan fingerprint density at radius 3 is 2.39 bits per heavy atom. The molecule has 4 atom stereocenters. The highest BCUT2D eigenvalue weighted by Gasteiger charge is 2.59. The maximum atomic E-state index is 13.6. The van der Waals surface area contributed by atoms with Crippen LogP contribution in [0.2, 0.25) is 0 Å². The van der Waals surface area contributed by atoms with Crippen molar-refractivity contribution < 1.29 is 43.1 Å². The molecule has 6 aliphatic rings. The highest BCUT2D eigenvalue weighted by atomic mass is 16.5. The number of amides is 2. The van der Waals surface area contributed by atoms with Crippen LogP contribution in [-0.4, -0.2) is 112 Å². The summed E-state index contributed by atoms with van der Waals surface area (Å²) in [7, 11) is 0. The standard InChI is InChI=1S/C35H38N4O7/c1-20-23(32(35(44)45)37-31(20)29(21(2)40)34(37)43)6-4-16-46-27-7-3-5-25-30(27)24-9-8-22(17-26(24)33(25)42)18-38-10-13-39(14-11-38,15-12-38)19-28(36)41/h3-9,17,20-21,29,31,40H,10-16,18-19H2,1-2H3,(H-2,36,41,44,45)/p+2/b6-4+/t20-,21+,29+,31+,38?,39?/m0/s1. The van der Waals surface area contributed by atoms with Crippen molar-refractivity contribution in [3.8, 4) is 16.9 Å². The average molecular weight is 629 g/mol. The van der Waals surface area contributed by atoms with Gasteiger partial charge in [0.05, 0.1) is 18.1 Å². The van der Waals surface area contributed by atoms with Gasteiger partial charge in [-0.1, -0.05) is 37.3 Å². The van der Waals surface area contributed by atoms with Crippen molar-refractivity contribution in [3.05, 3.63) is 76.5 Å². The predicted molar refractivity (Wildman–Crippen MR) is 167 cm³/mol. The molecule has 0 spiro atoms. The van der Waals surface area contributed by atoms with Crippen LogP contribution < -0.4 is 10.5 Å². The number of carbonyl (C=O) groups excluding carboxylic acids is 3. The molecule has 2 amide bonds. The van der Waals surface area contributed by atoms with Gasteiger partial charge in [-0.05, 0) is 36.3 Å². The number of aliphatic hydroxyl groups is 1. The summed E-state index contributed by atoms with van der Waals surface area (Å²) in [6, 6.07) is 11.2.